The Morgan fingerprint density at radius 3 is 2.55 bits per heavy atom. The molecule has 1 saturated heterocycles. The highest BCUT2D eigenvalue weighted by Gasteiger charge is 2.30. The first-order valence-corrected chi connectivity index (χ1v) is 12.6. The normalized spacial score (nSPS) is 18.7. The number of aromatic nitrogens is 1. The van der Waals surface area contributed by atoms with Gasteiger partial charge in [0.05, 0.1) is 11.2 Å². The molecule has 1 saturated carbocycles. The van der Waals surface area contributed by atoms with Crippen LogP contribution in [0.2, 0.25) is 0 Å². The molecule has 1 aromatic carbocycles. The maximum atomic E-state index is 5.16. The number of benzene rings is 1. The zero-order valence-corrected chi connectivity index (χ0v) is 20.5. The minimum atomic E-state index is 0.546. The smallest absolute Gasteiger partial charge is 0.137 e. The van der Waals surface area contributed by atoms with Crippen LogP contribution in [0.1, 0.15) is 65.2 Å². The molecule has 0 radical (unpaired) electrons. The van der Waals surface area contributed by atoms with Crippen molar-refractivity contribution < 1.29 is 0 Å². The number of hydrogen-bond acceptors (Lipinski definition) is 3. The summed E-state index contributed by atoms with van der Waals surface area (Å²) in [4.78, 5) is 9.76. The number of rotatable bonds is 9. The first-order valence-electron chi connectivity index (χ1n) is 12.6. The molecule has 2 aromatic rings. The van der Waals surface area contributed by atoms with E-state index in [1.165, 1.54) is 56.0 Å². The molecule has 3 heteroatoms. The number of pyridine rings is 1. The maximum absolute atomic E-state index is 5.16. The average molecular weight is 442 g/mol. The van der Waals surface area contributed by atoms with Crippen molar-refractivity contribution in [1.82, 2.24) is 4.98 Å². The fourth-order valence-electron chi connectivity index (χ4n) is 5.12. The molecule has 2 aliphatic rings. The molecule has 0 N–H and O–H groups in total. The number of piperidine rings is 1. The Morgan fingerprint density at radius 2 is 1.88 bits per heavy atom. The van der Waals surface area contributed by atoms with Crippen molar-refractivity contribution in [2.75, 3.05) is 22.9 Å². The number of anilines is 2. The van der Waals surface area contributed by atoms with Crippen LogP contribution < -0.4 is 9.80 Å². The molecule has 0 spiro atoms. The van der Waals surface area contributed by atoms with Gasteiger partial charge in [0.1, 0.15) is 5.82 Å². The third-order valence-corrected chi connectivity index (χ3v) is 7.53. The van der Waals surface area contributed by atoms with Crippen LogP contribution in [0.3, 0.4) is 0 Å². The molecule has 0 atom stereocenters. The van der Waals surface area contributed by atoms with Gasteiger partial charge >= 0.3 is 0 Å². The van der Waals surface area contributed by atoms with Crippen molar-refractivity contribution in [3.63, 3.8) is 0 Å². The van der Waals surface area contributed by atoms with Gasteiger partial charge in [-0.2, -0.15) is 0 Å². The molecule has 4 rings (SSSR count). The lowest BCUT2D eigenvalue weighted by Gasteiger charge is -2.38. The van der Waals surface area contributed by atoms with Gasteiger partial charge in [-0.05, 0) is 87.1 Å². The summed E-state index contributed by atoms with van der Waals surface area (Å²) >= 11 is 0. The van der Waals surface area contributed by atoms with Gasteiger partial charge in [0, 0.05) is 30.4 Å². The van der Waals surface area contributed by atoms with Crippen molar-refractivity contribution >= 4 is 22.4 Å². The van der Waals surface area contributed by atoms with Crippen LogP contribution in [0.25, 0.3) is 10.9 Å². The molecule has 2 fully saturated rings. The molecule has 174 valence electrons. The first kappa shape index (κ1) is 23.4. The number of nitrogens with zero attached hydrogens (tertiary/aromatic N) is 3. The van der Waals surface area contributed by atoms with Gasteiger partial charge in [-0.15, -0.1) is 0 Å². The summed E-state index contributed by atoms with van der Waals surface area (Å²) in [5, 5.41) is 1.18. The Hall–Kier alpha value is -2.81. The number of allylic oxidation sites excluding steroid dienone is 4. The lowest BCUT2D eigenvalue weighted by Crippen LogP contribution is -2.29. The summed E-state index contributed by atoms with van der Waals surface area (Å²) in [5.74, 6) is 0.897. The van der Waals surface area contributed by atoms with E-state index < -0.39 is 0 Å². The van der Waals surface area contributed by atoms with E-state index in [-0.39, 0.29) is 0 Å². The highest BCUT2D eigenvalue weighted by molar-refractivity contribution is 5.92. The number of fused-ring (bicyclic) bond motifs is 1. The van der Waals surface area contributed by atoms with E-state index in [2.05, 4.69) is 79.3 Å². The van der Waals surface area contributed by atoms with Crippen molar-refractivity contribution in [1.29, 1.82) is 0 Å². The molecular weight excluding hydrogens is 402 g/mol. The van der Waals surface area contributed by atoms with E-state index in [1.807, 2.05) is 12.3 Å². The predicted octanol–water partition coefficient (Wildman–Crippen LogP) is 8.16. The van der Waals surface area contributed by atoms with Gasteiger partial charge in [0.15, 0.2) is 0 Å². The fraction of sp³-hybridized carbons (Fsp3) is 0.433. The second-order valence-electron chi connectivity index (χ2n) is 10.00. The Bertz CT molecular complexity index is 1050. The van der Waals surface area contributed by atoms with Gasteiger partial charge in [-0.1, -0.05) is 50.8 Å². The molecule has 0 bridgehead atoms. The molecule has 33 heavy (non-hydrogen) atoms. The van der Waals surface area contributed by atoms with Gasteiger partial charge in [-0.25, -0.2) is 4.98 Å². The van der Waals surface area contributed by atoms with Gasteiger partial charge in [0.2, 0.25) is 0 Å². The van der Waals surface area contributed by atoms with Crippen molar-refractivity contribution in [2.24, 2.45) is 5.41 Å². The Morgan fingerprint density at radius 1 is 1.09 bits per heavy atom. The largest absolute Gasteiger partial charge is 0.370 e. The van der Waals surface area contributed by atoms with Crippen LogP contribution in [0, 0.1) is 5.41 Å². The monoisotopic (exact) mass is 441 g/mol. The van der Waals surface area contributed by atoms with Crippen LogP contribution in [-0.4, -0.2) is 18.1 Å². The second kappa shape index (κ2) is 10.4. The standard InChI is InChI=1S/C30H39N3/c1-5-24(3)26(15-8-9-19-30(4)20-13-21-30)33(6-2)28-18-17-25-14-12-16-27(29(25)31-28)32-22-10-7-11-23-32/h5-6,8,12,14-18H,1-2,7,9-11,13,19-23H2,3-4H3/b15-8-,26-24+. The molecule has 2 heterocycles. The third kappa shape index (κ3) is 5.24. The highest BCUT2D eigenvalue weighted by atomic mass is 15.2. The van der Waals surface area contributed by atoms with Crippen LogP contribution in [0.15, 0.2) is 79.2 Å². The van der Waals surface area contributed by atoms with Crippen LogP contribution in [0.4, 0.5) is 11.5 Å². The molecule has 1 aliphatic carbocycles. The van der Waals surface area contributed by atoms with Crippen molar-refractivity contribution in [3.8, 4) is 0 Å². The minimum absolute atomic E-state index is 0.546. The highest BCUT2D eigenvalue weighted by Crippen LogP contribution is 2.44. The van der Waals surface area contributed by atoms with E-state index in [4.69, 9.17) is 4.98 Å². The third-order valence-electron chi connectivity index (χ3n) is 7.53. The van der Waals surface area contributed by atoms with Crippen LogP contribution >= 0.6 is 0 Å². The predicted molar refractivity (Wildman–Crippen MR) is 144 cm³/mol. The number of hydrogen-bond donors (Lipinski definition) is 0. The van der Waals surface area contributed by atoms with E-state index in [0.717, 1.165) is 42.1 Å². The summed E-state index contributed by atoms with van der Waals surface area (Å²) < 4.78 is 0. The SMILES string of the molecule is C=C/C(C)=C(\C=C/CCC1(C)CCC1)N(C=C)c1ccc2cccc(N3CCCCC3)c2n1. The summed E-state index contributed by atoms with van der Waals surface area (Å²) in [6, 6.07) is 10.8. The topological polar surface area (TPSA) is 19.4 Å². The summed E-state index contributed by atoms with van der Waals surface area (Å²) in [7, 11) is 0. The maximum Gasteiger partial charge on any atom is 0.137 e. The van der Waals surface area contributed by atoms with Crippen molar-refractivity contribution in [2.45, 2.75) is 65.2 Å². The van der Waals surface area contributed by atoms with Gasteiger partial charge in [-0.3, -0.25) is 0 Å². The second-order valence-corrected chi connectivity index (χ2v) is 10.00. The van der Waals surface area contributed by atoms with Crippen LogP contribution in [0.5, 0.6) is 0 Å². The Balaban J connectivity index is 1.64. The summed E-state index contributed by atoms with van der Waals surface area (Å²) in [6.45, 7) is 14.9. The quantitative estimate of drug-likeness (QED) is 0.366. The zero-order valence-electron chi connectivity index (χ0n) is 20.5. The summed E-state index contributed by atoms with van der Waals surface area (Å²) in [5.41, 5.74) is 5.06. The first-order chi connectivity index (χ1) is 16.0. The van der Waals surface area contributed by atoms with E-state index >= 15 is 0 Å². The lowest BCUT2D eigenvalue weighted by molar-refractivity contribution is 0.148. The van der Waals surface area contributed by atoms with Gasteiger partial charge in [0.25, 0.3) is 0 Å². The molecule has 1 aromatic heterocycles. The average Bonchev–Trinajstić information content (AvgIpc) is 2.84. The van der Waals surface area contributed by atoms with Crippen molar-refractivity contribution in [3.05, 3.63) is 79.2 Å². The molecule has 1 aliphatic heterocycles. The molecule has 3 nitrogen and oxygen atoms in total. The summed E-state index contributed by atoms with van der Waals surface area (Å²) in [6.07, 6.45) is 18.6. The molecule has 0 unspecified atom stereocenters. The van der Waals surface area contributed by atoms with E-state index in [9.17, 15) is 0 Å². The van der Waals surface area contributed by atoms with E-state index in [1.54, 1.807) is 0 Å². The minimum Gasteiger partial charge on any atom is -0.370 e. The van der Waals surface area contributed by atoms with Crippen LogP contribution in [-0.2, 0) is 0 Å². The number of para-hydroxylation sites is 1. The van der Waals surface area contributed by atoms with Gasteiger partial charge < -0.3 is 9.80 Å². The Kier molecular flexibility index (Phi) is 7.37. The Labute approximate surface area is 200 Å². The fourth-order valence-corrected chi connectivity index (χ4v) is 5.12. The molecular formula is C30H39N3. The lowest BCUT2D eigenvalue weighted by atomic mass is 9.68. The van der Waals surface area contributed by atoms with E-state index in [0.29, 0.717) is 5.41 Å². The zero-order chi connectivity index (χ0) is 23.3. The molecule has 0 amide bonds.